The van der Waals surface area contributed by atoms with Crippen molar-refractivity contribution >= 4 is 52.4 Å². The van der Waals surface area contributed by atoms with Crippen LogP contribution in [0.4, 0.5) is 11.4 Å². The molecule has 1 amide bonds. The van der Waals surface area contributed by atoms with Crippen LogP contribution in [-0.4, -0.2) is 53.8 Å². The number of carboxylic acid groups (broad SMARTS) is 2. The minimum absolute atomic E-state index is 0.0379. The van der Waals surface area contributed by atoms with Crippen molar-refractivity contribution in [3.05, 3.63) is 123 Å². The quantitative estimate of drug-likeness (QED) is 0.138. The lowest BCUT2D eigenvalue weighted by atomic mass is 9.63. The molecular weight excluding hydrogens is 677 g/mol. The highest BCUT2D eigenvalue weighted by Crippen LogP contribution is 2.58. The highest BCUT2D eigenvalue weighted by Gasteiger charge is 2.62. The fourth-order valence-corrected chi connectivity index (χ4v) is 8.12. The third kappa shape index (κ3) is 6.65. The smallest absolute Gasteiger partial charge is 0.335 e. The number of fused-ring (bicyclic) bond motifs is 2. The summed E-state index contributed by atoms with van der Waals surface area (Å²) in [6.45, 7) is 7.53. The number of aromatic carboxylic acids is 2. The summed E-state index contributed by atoms with van der Waals surface area (Å²) in [5.41, 5.74) is 3.51. The van der Waals surface area contributed by atoms with Crippen LogP contribution in [-0.2, 0) is 16.8 Å². The number of nitrogens with zero attached hydrogens (tertiary/aromatic N) is 1. The first-order chi connectivity index (χ1) is 23.7. The average Bonchev–Trinajstić information content (AvgIpc) is 3.54. The Bertz CT molecular complexity index is 1960. The van der Waals surface area contributed by atoms with Gasteiger partial charge in [-0.05, 0) is 77.1 Å². The molecule has 4 atom stereocenters. The lowest BCUT2D eigenvalue weighted by Gasteiger charge is -2.40. The van der Waals surface area contributed by atoms with Crippen molar-refractivity contribution in [1.82, 2.24) is 5.32 Å². The number of carbonyl (C=O) groups excluding carboxylic acids is 1. The van der Waals surface area contributed by atoms with Crippen molar-refractivity contribution < 1.29 is 29.3 Å². The Morgan fingerprint density at radius 1 is 0.940 bits per heavy atom. The van der Waals surface area contributed by atoms with E-state index in [0.29, 0.717) is 28.8 Å². The van der Waals surface area contributed by atoms with Crippen LogP contribution >= 0.6 is 23.2 Å². The first-order valence-corrected chi connectivity index (χ1v) is 17.1. The minimum atomic E-state index is -1.10. The molecule has 0 bridgehead atoms. The number of nitrogens with one attached hydrogen (secondary N) is 2. The number of anilines is 2. The first-order valence-electron chi connectivity index (χ1n) is 16.3. The number of hydrogen-bond acceptors (Lipinski definition) is 6. The van der Waals surface area contributed by atoms with Gasteiger partial charge in [0, 0.05) is 46.2 Å². The maximum absolute atomic E-state index is 14.6. The van der Waals surface area contributed by atoms with Crippen LogP contribution in [0.1, 0.15) is 70.5 Å². The number of halogens is 2. The number of ether oxygens (including phenoxy) is 1. The number of hydrogen-bond donors (Lipinski definition) is 4. The molecule has 2 heterocycles. The molecule has 260 valence electrons. The number of rotatable bonds is 9. The highest BCUT2D eigenvalue weighted by atomic mass is 35.5. The van der Waals surface area contributed by atoms with Crippen LogP contribution in [0.3, 0.4) is 0 Å². The molecule has 0 saturated carbocycles. The second-order valence-corrected chi connectivity index (χ2v) is 15.1. The lowest BCUT2D eigenvalue weighted by Crippen LogP contribution is -2.48. The second-order valence-electron chi connectivity index (χ2n) is 14.2. The Balaban J connectivity index is 1.50. The minimum Gasteiger partial charge on any atom is -0.495 e. The SMILES string of the molecule is COc1cc(C(=O)O)ccc1NC(=O)[C@@H]1N[C@@H](CC(C)(C)C)[C@@]2(CN(Cc3ccc(C(=O)O)cc3)c3cc(Cl)ccc32)[C@H]1c1ccccc1Cl. The Hall–Kier alpha value is -4.57. The molecule has 0 unspecified atom stereocenters. The number of benzene rings is 4. The fraction of sp³-hybridized carbons (Fsp3) is 0.308. The van der Waals surface area contributed by atoms with Crippen LogP contribution in [0.2, 0.25) is 10.0 Å². The third-order valence-corrected chi connectivity index (χ3v) is 10.3. The normalized spacial score (nSPS) is 21.2. The number of carbonyl (C=O) groups is 3. The van der Waals surface area contributed by atoms with Crippen LogP contribution in [0.5, 0.6) is 5.75 Å². The van der Waals surface area contributed by atoms with E-state index in [1.807, 2.05) is 48.5 Å². The van der Waals surface area contributed by atoms with E-state index in [2.05, 4.69) is 42.4 Å². The molecule has 0 aromatic heterocycles. The zero-order chi connectivity index (χ0) is 36.0. The van der Waals surface area contributed by atoms with Gasteiger partial charge in [-0.1, -0.05) is 80.4 Å². The summed E-state index contributed by atoms with van der Waals surface area (Å²) in [5, 5.41) is 26.9. The van der Waals surface area contributed by atoms with Crippen molar-refractivity contribution in [2.45, 2.75) is 57.2 Å². The largest absolute Gasteiger partial charge is 0.495 e. The predicted molar refractivity (Wildman–Crippen MR) is 195 cm³/mol. The van der Waals surface area contributed by atoms with Gasteiger partial charge in [-0.25, -0.2) is 9.59 Å². The molecule has 9 nitrogen and oxygen atoms in total. The molecule has 50 heavy (non-hydrogen) atoms. The van der Waals surface area contributed by atoms with E-state index in [1.54, 1.807) is 12.1 Å². The molecule has 1 spiro atoms. The Morgan fingerprint density at radius 3 is 2.26 bits per heavy atom. The van der Waals surface area contributed by atoms with Gasteiger partial charge in [0.25, 0.3) is 0 Å². The van der Waals surface area contributed by atoms with Gasteiger partial charge in [0.2, 0.25) is 5.91 Å². The van der Waals surface area contributed by atoms with Crippen LogP contribution in [0.15, 0.2) is 84.9 Å². The predicted octanol–water partition coefficient (Wildman–Crippen LogP) is 7.86. The summed E-state index contributed by atoms with van der Waals surface area (Å²) >= 11 is 13.7. The number of amides is 1. The van der Waals surface area contributed by atoms with Gasteiger partial charge in [-0.3, -0.25) is 4.79 Å². The van der Waals surface area contributed by atoms with E-state index >= 15 is 0 Å². The average molecular weight is 717 g/mol. The maximum Gasteiger partial charge on any atom is 0.335 e. The molecule has 6 rings (SSSR count). The van der Waals surface area contributed by atoms with Crippen molar-refractivity contribution in [2.75, 3.05) is 23.9 Å². The summed E-state index contributed by atoms with van der Waals surface area (Å²) in [6.07, 6.45) is 0.720. The van der Waals surface area contributed by atoms with E-state index in [4.69, 9.17) is 27.9 Å². The van der Waals surface area contributed by atoms with Crippen LogP contribution < -0.4 is 20.3 Å². The van der Waals surface area contributed by atoms with E-state index < -0.39 is 29.3 Å². The molecule has 4 aromatic carbocycles. The lowest BCUT2D eigenvalue weighted by molar-refractivity contribution is -0.118. The van der Waals surface area contributed by atoms with Crippen molar-refractivity contribution in [3.8, 4) is 5.75 Å². The highest BCUT2D eigenvalue weighted by molar-refractivity contribution is 6.31. The molecule has 2 aliphatic rings. The molecule has 11 heteroatoms. The van der Waals surface area contributed by atoms with E-state index in [0.717, 1.165) is 28.8 Å². The van der Waals surface area contributed by atoms with E-state index in [-0.39, 0.29) is 34.2 Å². The standard InChI is InChI=1S/C39H39Cl2N3O6/c1-38(2,3)19-32-39(21-44(30-18-25(40)14-15-27(30)39)20-22-9-11-23(12-10-22)36(46)47)33(26-7-5-6-8-28(26)41)34(43-32)35(45)42-29-16-13-24(37(48)49)17-31(29)50-4/h5-18,32-34,43H,19-21H2,1-4H3,(H,42,45)(H,46,47)(H,48,49)/t32-,33-,34+,39-/m0/s1. The van der Waals surface area contributed by atoms with Crippen molar-refractivity contribution in [1.29, 1.82) is 0 Å². The van der Waals surface area contributed by atoms with Gasteiger partial charge < -0.3 is 30.5 Å². The summed E-state index contributed by atoms with van der Waals surface area (Å²) in [4.78, 5) is 40.0. The third-order valence-electron chi connectivity index (χ3n) is 9.77. The van der Waals surface area contributed by atoms with Gasteiger partial charge in [0.05, 0.1) is 30.0 Å². The zero-order valence-corrected chi connectivity index (χ0v) is 29.7. The summed E-state index contributed by atoms with van der Waals surface area (Å²) in [5.74, 6) is -2.63. The Kier molecular flexibility index (Phi) is 9.61. The van der Waals surface area contributed by atoms with Crippen LogP contribution in [0, 0.1) is 5.41 Å². The Morgan fingerprint density at radius 2 is 1.62 bits per heavy atom. The zero-order valence-electron chi connectivity index (χ0n) is 28.2. The molecule has 0 radical (unpaired) electrons. The number of carboxylic acids is 2. The van der Waals surface area contributed by atoms with Gasteiger partial charge in [0.1, 0.15) is 5.75 Å². The summed E-state index contributed by atoms with van der Waals surface area (Å²) in [7, 11) is 1.43. The molecule has 2 aliphatic heterocycles. The first kappa shape index (κ1) is 35.3. The van der Waals surface area contributed by atoms with Crippen molar-refractivity contribution in [2.24, 2.45) is 5.41 Å². The van der Waals surface area contributed by atoms with Gasteiger partial charge in [0.15, 0.2) is 0 Å². The van der Waals surface area contributed by atoms with Gasteiger partial charge >= 0.3 is 11.9 Å². The summed E-state index contributed by atoms with van der Waals surface area (Å²) < 4.78 is 5.49. The molecule has 1 saturated heterocycles. The second kappa shape index (κ2) is 13.6. The molecule has 4 N–H and O–H groups in total. The van der Waals surface area contributed by atoms with Crippen molar-refractivity contribution in [3.63, 3.8) is 0 Å². The van der Waals surface area contributed by atoms with E-state index in [9.17, 15) is 24.6 Å². The van der Waals surface area contributed by atoms with Crippen LogP contribution in [0.25, 0.3) is 0 Å². The monoisotopic (exact) mass is 715 g/mol. The Labute approximate surface area is 301 Å². The maximum atomic E-state index is 14.6. The number of methoxy groups -OCH3 is 1. The molecule has 0 aliphatic carbocycles. The topological polar surface area (TPSA) is 128 Å². The fourth-order valence-electron chi connectivity index (χ4n) is 7.70. The molecule has 4 aromatic rings. The van der Waals surface area contributed by atoms with E-state index in [1.165, 1.54) is 25.3 Å². The van der Waals surface area contributed by atoms with Gasteiger partial charge in [-0.2, -0.15) is 0 Å². The summed E-state index contributed by atoms with van der Waals surface area (Å²) in [6, 6.07) is 23.7. The van der Waals surface area contributed by atoms with Gasteiger partial charge in [-0.15, -0.1) is 0 Å². The molecular formula is C39H39Cl2N3O6. The molecule has 1 fully saturated rings.